The number of ether oxygens (including phenoxy) is 2. The van der Waals surface area contributed by atoms with E-state index in [1.165, 1.54) is 5.56 Å². The zero-order valence-electron chi connectivity index (χ0n) is 12.1. The summed E-state index contributed by atoms with van der Waals surface area (Å²) in [6.45, 7) is 1.80. The molecule has 0 spiro atoms. The molecule has 0 aromatic heterocycles. The molecule has 0 saturated heterocycles. The standard InChI is InChI=1S/C16H16ClNO4/c1-2-21-16(20)14-13(19)8-22-15(14)18-12-7-11(12)9-3-5-10(17)6-4-9/h3-6,11-12,18H,2,7-8H2,1H3. The number of carbonyl (C=O) groups excluding carboxylic acids is 2. The zero-order valence-corrected chi connectivity index (χ0v) is 12.9. The Morgan fingerprint density at radius 2 is 2.14 bits per heavy atom. The van der Waals surface area contributed by atoms with Gasteiger partial charge < -0.3 is 14.8 Å². The van der Waals surface area contributed by atoms with Crippen LogP contribution in [-0.4, -0.2) is 31.0 Å². The lowest BCUT2D eigenvalue weighted by molar-refractivity contribution is -0.139. The molecule has 2 atom stereocenters. The lowest BCUT2D eigenvalue weighted by atomic mass is 10.1. The molecule has 116 valence electrons. The summed E-state index contributed by atoms with van der Waals surface area (Å²) < 4.78 is 10.2. The molecule has 1 aliphatic heterocycles. The van der Waals surface area contributed by atoms with Crippen molar-refractivity contribution >= 4 is 23.4 Å². The quantitative estimate of drug-likeness (QED) is 0.665. The molecule has 22 heavy (non-hydrogen) atoms. The topological polar surface area (TPSA) is 64.6 Å². The highest BCUT2D eigenvalue weighted by Gasteiger charge is 2.42. The second kappa shape index (κ2) is 6.01. The van der Waals surface area contributed by atoms with Crippen LogP contribution in [0.5, 0.6) is 0 Å². The Kier molecular flexibility index (Phi) is 4.07. The molecule has 3 rings (SSSR count). The van der Waals surface area contributed by atoms with Crippen LogP contribution < -0.4 is 5.32 Å². The van der Waals surface area contributed by atoms with Crippen LogP contribution in [0.3, 0.4) is 0 Å². The fourth-order valence-corrected chi connectivity index (χ4v) is 2.66. The summed E-state index contributed by atoms with van der Waals surface area (Å²) >= 11 is 5.88. The van der Waals surface area contributed by atoms with E-state index < -0.39 is 5.97 Å². The van der Waals surface area contributed by atoms with Crippen LogP contribution in [0.2, 0.25) is 5.02 Å². The van der Waals surface area contributed by atoms with Crippen molar-refractivity contribution in [3.8, 4) is 0 Å². The third kappa shape index (κ3) is 2.95. The van der Waals surface area contributed by atoms with E-state index in [1.807, 2.05) is 24.3 Å². The second-order valence-corrected chi connectivity index (χ2v) is 5.72. The molecule has 1 aromatic carbocycles. The summed E-state index contributed by atoms with van der Waals surface area (Å²) in [7, 11) is 0. The number of ketones is 1. The summed E-state index contributed by atoms with van der Waals surface area (Å²) in [6.07, 6.45) is 0.915. The molecule has 2 aliphatic rings. The summed E-state index contributed by atoms with van der Waals surface area (Å²) in [5.41, 5.74) is 1.16. The van der Waals surface area contributed by atoms with Crippen LogP contribution in [-0.2, 0) is 19.1 Å². The first-order chi connectivity index (χ1) is 10.6. The summed E-state index contributed by atoms with van der Waals surface area (Å²) in [4.78, 5) is 23.6. The zero-order chi connectivity index (χ0) is 15.7. The van der Waals surface area contributed by atoms with Crippen molar-refractivity contribution in [2.75, 3.05) is 13.2 Å². The van der Waals surface area contributed by atoms with Gasteiger partial charge >= 0.3 is 5.97 Å². The Morgan fingerprint density at radius 1 is 1.41 bits per heavy atom. The molecule has 1 aromatic rings. The summed E-state index contributed by atoms with van der Waals surface area (Å²) in [5, 5.41) is 3.84. The first-order valence-electron chi connectivity index (χ1n) is 7.19. The SMILES string of the molecule is CCOC(=O)C1=C(NC2CC2c2ccc(Cl)cc2)OCC1=O. The van der Waals surface area contributed by atoms with E-state index in [1.54, 1.807) is 6.92 Å². The van der Waals surface area contributed by atoms with Crippen molar-refractivity contribution in [1.29, 1.82) is 0 Å². The Labute approximate surface area is 133 Å². The predicted octanol–water partition coefficient (Wildman–Crippen LogP) is 2.16. The van der Waals surface area contributed by atoms with E-state index in [4.69, 9.17) is 21.1 Å². The lowest BCUT2D eigenvalue weighted by Crippen LogP contribution is -2.22. The molecule has 1 aliphatic carbocycles. The Bertz CT molecular complexity index is 638. The van der Waals surface area contributed by atoms with Crippen molar-refractivity contribution in [2.45, 2.75) is 25.3 Å². The number of carbonyl (C=O) groups is 2. The van der Waals surface area contributed by atoms with Crippen LogP contribution in [0, 0.1) is 0 Å². The van der Waals surface area contributed by atoms with Crippen molar-refractivity contribution in [1.82, 2.24) is 5.32 Å². The van der Waals surface area contributed by atoms with Crippen LogP contribution in [0.4, 0.5) is 0 Å². The highest BCUT2D eigenvalue weighted by molar-refractivity contribution is 6.30. The van der Waals surface area contributed by atoms with Crippen LogP contribution in [0.25, 0.3) is 0 Å². The Morgan fingerprint density at radius 3 is 2.82 bits per heavy atom. The molecule has 1 heterocycles. The van der Waals surface area contributed by atoms with Gasteiger partial charge in [-0.15, -0.1) is 0 Å². The minimum Gasteiger partial charge on any atom is -0.470 e. The minimum absolute atomic E-state index is 0.0105. The van der Waals surface area contributed by atoms with Gasteiger partial charge in [0.05, 0.1) is 6.61 Å². The third-order valence-electron chi connectivity index (χ3n) is 3.74. The number of hydrogen-bond donors (Lipinski definition) is 1. The molecule has 1 N–H and O–H groups in total. The number of esters is 1. The first-order valence-corrected chi connectivity index (χ1v) is 7.57. The molecule has 1 saturated carbocycles. The maximum Gasteiger partial charge on any atom is 0.347 e. The largest absolute Gasteiger partial charge is 0.470 e. The summed E-state index contributed by atoms with van der Waals surface area (Å²) in [6, 6.07) is 7.81. The Balaban J connectivity index is 1.69. The molecular weight excluding hydrogens is 306 g/mol. The predicted molar refractivity (Wildman–Crippen MR) is 80.4 cm³/mol. The molecule has 0 radical (unpaired) electrons. The molecule has 0 amide bonds. The average molecular weight is 322 g/mol. The molecule has 2 unspecified atom stereocenters. The van der Waals surface area contributed by atoms with Gasteiger partial charge in [-0.1, -0.05) is 23.7 Å². The van der Waals surface area contributed by atoms with Crippen LogP contribution >= 0.6 is 11.6 Å². The van der Waals surface area contributed by atoms with Crippen LogP contribution in [0.15, 0.2) is 35.7 Å². The van der Waals surface area contributed by atoms with Gasteiger partial charge in [-0.3, -0.25) is 4.79 Å². The number of rotatable bonds is 5. The van der Waals surface area contributed by atoms with Crippen molar-refractivity contribution in [3.63, 3.8) is 0 Å². The highest BCUT2D eigenvalue weighted by atomic mass is 35.5. The van der Waals surface area contributed by atoms with E-state index in [2.05, 4.69) is 5.32 Å². The number of Topliss-reactive ketones (excluding diaryl/α,β-unsaturated/α-hetero) is 1. The van der Waals surface area contributed by atoms with Gasteiger partial charge in [0.2, 0.25) is 11.7 Å². The number of benzene rings is 1. The fraction of sp³-hybridized carbons (Fsp3) is 0.375. The van der Waals surface area contributed by atoms with E-state index >= 15 is 0 Å². The molecule has 6 heteroatoms. The van der Waals surface area contributed by atoms with Crippen LogP contribution in [0.1, 0.15) is 24.8 Å². The Hall–Kier alpha value is -2.01. The normalized spacial score (nSPS) is 23.3. The van der Waals surface area contributed by atoms with E-state index in [9.17, 15) is 9.59 Å². The van der Waals surface area contributed by atoms with E-state index in [-0.39, 0.29) is 36.5 Å². The maximum atomic E-state index is 11.8. The minimum atomic E-state index is -0.629. The van der Waals surface area contributed by atoms with Gasteiger partial charge in [0.1, 0.15) is 0 Å². The average Bonchev–Trinajstić information content (AvgIpc) is 3.15. The number of hydrogen-bond acceptors (Lipinski definition) is 5. The third-order valence-corrected chi connectivity index (χ3v) is 3.99. The highest BCUT2D eigenvalue weighted by Crippen LogP contribution is 2.42. The van der Waals surface area contributed by atoms with Gasteiger partial charge in [0.25, 0.3) is 0 Å². The van der Waals surface area contributed by atoms with Crippen molar-refractivity contribution in [2.24, 2.45) is 0 Å². The fourth-order valence-electron chi connectivity index (χ4n) is 2.53. The molecule has 0 bridgehead atoms. The summed E-state index contributed by atoms with van der Waals surface area (Å²) in [5.74, 6) is -0.404. The molecular formula is C16H16ClNO4. The smallest absolute Gasteiger partial charge is 0.347 e. The second-order valence-electron chi connectivity index (χ2n) is 5.28. The van der Waals surface area contributed by atoms with E-state index in [0.29, 0.717) is 10.9 Å². The van der Waals surface area contributed by atoms with Gasteiger partial charge in [0.15, 0.2) is 12.2 Å². The number of halogens is 1. The van der Waals surface area contributed by atoms with Gasteiger partial charge in [-0.05, 0) is 31.0 Å². The first kappa shape index (κ1) is 14.9. The molecule has 1 fully saturated rings. The van der Waals surface area contributed by atoms with Gasteiger partial charge in [0, 0.05) is 17.0 Å². The van der Waals surface area contributed by atoms with Crippen molar-refractivity contribution in [3.05, 3.63) is 46.3 Å². The molecule has 5 nitrogen and oxygen atoms in total. The van der Waals surface area contributed by atoms with E-state index in [0.717, 1.165) is 6.42 Å². The van der Waals surface area contributed by atoms with Gasteiger partial charge in [-0.25, -0.2) is 4.79 Å². The maximum absolute atomic E-state index is 11.8. The monoisotopic (exact) mass is 321 g/mol. The van der Waals surface area contributed by atoms with Gasteiger partial charge in [-0.2, -0.15) is 0 Å². The van der Waals surface area contributed by atoms with Crippen molar-refractivity contribution < 1.29 is 19.1 Å². The lowest BCUT2D eigenvalue weighted by Gasteiger charge is -2.08. The number of nitrogens with one attached hydrogen (secondary N) is 1.